The Labute approximate surface area is 112 Å². The lowest BCUT2D eigenvalue weighted by atomic mass is 10.3. The van der Waals surface area contributed by atoms with Crippen molar-refractivity contribution in [2.75, 3.05) is 0 Å². The standard InChI is InChI=1S/C11H11BrN4S/c1-2-3-9-15-8(12)6-10(16-9)17-11-7-13-4-5-14-11/h4-7H,2-3H2,1H3. The fourth-order valence-electron chi connectivity index (χ4n) is 1.27. The summed E-state index contributed by atoms with van der Waals surface area (Å²) in [5.74, 6) is 0.855. The Morgan fingerprint density at radius 2 is 2.12 bits per heavy atom. The van der Waals surface area contributed by atoms with Gasteiger partial charge in [-0.05, 0) is 34.1 Å². The van der Waals surface area contributed by atoms with Gasteiger partial charge >= 0.3 is 0 Å². The number of nitrogens with zero attached hydrogens (tertiary/aromatic N) is 4. The number of halogens is 1. The van der Waals surface area contributed by atoms with Crippen LogP contribution in [-0.2, 0) is 6.42 Å². The molecule has 17 heavy (non-hydrogen) atoms. The maximum Gasteiger partial charge on any atom is 0.130 e. The Kier molecular flexibility index (Phi) is 4.44. The van der Waals surface area contributed by atoms with E-state index in [2.05, 4.69) is 42.8 Å². The molecule has 0 aliphatic carbocycles. The van der Waals surface area contributed by atoms with Gasteiger partial charge in [-0.1, -0.05) is 6.92 Å². The minimum absolute atomic E-state index is 0.808. The number of aryl methyl sites for hydroxylation is 1. The van der Waals surface area contributed by atoms with Gasteiger partial charge in [-0.2, -0.15) is 0 Å². The number of hydrogen-bond acceptors (Lipinski definition) is 5. The molecule has 0 aliphatic rings. The molecule has 2 aromatic rings. The van der Waals surface area contributed by atoms with Gasteiger partial charge in [0.2, 0.25) is 0 Å². The molecule has 0 saturated heterocycles. The molecule has 2 aromatic heterocycles. The first kappa shape index (κ1) is 12.4. The second kappa shape index (κ2) is 6.07. The lowest BCUT2D eigenvalue weighted by molar-refractivity contribution is 0.802. The van der Waals surface area contributed by atoms with Gasteiger partial charge < -0.3 is 0 Å². The molecule has 88 valence electrons. The first-order chi connectivity index (χ1) is 8.28. The van der Waals surface area contributed by atoms with Gasteiger partial charge in [0.1, 0.15) is 20.5 Å². The van der Waals surface area contributed by atoms with Gasteiger partial charge in [0.25, 0.3) is 0 Å². The minimum atomic E-state index is 0.808. The predicted octanol–water partition coefficient (Wildman–Crippen LogP) is 3.13. The minimum Gasteiger partial charge on any atom is -0.260 e. The van der Waals surface area contributed by atoms with Crippen LogP contribution in [0, 0.1) is 0 Å². The molecule has 0 saturated carbocycles. The fourth-order valence-corrected chi connectivity index (χ4v) is 2.61. The number of hydrogen-bond donors (Lipinski definition) is 0. The van der Waals surface area contributed by atoms with Crippen molar-refractivity contribution in [2.24, 2.45) is 0 Å². The van der Waals surface area contributed by atoms with Crippen molar-refractivity contribution < 1.29 is 0 Å². The Morgan fingerprint density at radius 3 is 2.82 bits per heavy atom. The third kappa shape index (κ3) is 3.74. The van der Waals surface area contributed by atoms with Crippen LogP contribution in [0.1, 0.15) is 19.2 Å². The lowest BCUT2D eigenvalue weighted by Crippen LogP contribution is -1.96. The summed E-state index contributed by atoms with van der Waals surface area (Å²) in [5, 5.41) is 1.72. The van der Waals surface area contributed by atoms with Crippen LogP contribution in [0.2, 0.25) is 0 Å². The molecule has 4 nitrogen and oxygen atoms in total. The maximum atomic E-state index is 4.47. The Bertz CT molecular complexity index is 492. The van der Waals surface area contributed by atoms with E-state index in [1.54, 1.807) is 18.6 Å². The SMILES string of the molecule is CCCc1nc(Br)cc(Sc2cnccn2)n1. The summed E-state index contributed by atoms with van der Waals surface area (Å²) in [6, 6.07) is 1.89. The molecule has 0 aromatic carbocycles. The average molecular weight is 311 g/mol. The topological polar surface area (TPSA) is 51.6 Å². The summed E-state index contributed by atoms with van der Waals surface area (Å²) in [6.45, 7) is 2.11. The van der Waals surface area contributed by atoms with Crippen LogP contribution in [0.5, 0.6) is 0 Å². The Morgan fingerprint density at radius 1 is 1.24 bits per heavy atom. The second-order valence-electron chi connectivity index (χ2n) is 3.34. The van der Waals surface area contributed by atoms with Crippen molar-refractivity contribution in [3.05, 3.63) is 35.1 Å². The first-order valence-corrected chi connectivity index (χ1v) is 6.86. The molecular formula is C11H11BrN4S. The molecule has 0 amide bonds. The fraction of sp³-hybridized carbons (Fsp3) is 0.273. The van der Waals surface area contributed by atoms with Crippen LogP contribution in [-0.4, -0.2) is 19.9 Å². The highest BCUT2D eigenvalue weighted by Gasteiger charge is 2.05. The first-order valence-electron chi connectivity index (χ1n) is 5.25. The third-order valence-corrected chi connectivity index (χ3v) is 3.18. The summed E-state index contributed by atoms with van der Waals surface area (Å²) >= 11 is 4.88. The Balaban J connectivity index is 2.21. The van der Waals surface area contributed by atoms with E-state index in [1.165, 1.54) is 11.8 Å². The van der Waals surface area contributed by atoms with Crippen LogP contribution in [0.25, 0.3) is 0 Å². The number of rotatable bonds is 4. The van der Waals surface area contributed by atoms with Crippen LogP contribution in [0.3, 0.4) is 0 Å². The van der Waals surface area contributed by atoms with Crippen LogP contribution in [0.4, 0.5) is 0 Å². The smallest absolute Gasteiger partial charge is 0.130 e. The zero-order chi connectivity index (χ0) is 12.1. The quantitative estimate of drug-likeness (QED) is 0.812. The monoisotopic (exact) mass is 310 g/mol. The molecule has 2 rings (SSSR count). The van der Waals surface area contributed by atoms with E-state index >= 15 is 0 Å². The van der Waals surface area contributed by atoms with Gasteiger partial charge in [0.05, 0.1) is 6.20 Å². The van der Waals surface area contributed by atoms with Gasteiger partial charge in [0.15, 0.2) is 0 Å². The predicted molar refractivity (Wildman–Crippen MR) is 69.9 cm³/mol. The zero-order valence-corrected chi connectivity index (χ0v) is 11.7. The molecule has 0 atom stereocenters. The van der Waals surface area contributed by atoms with Crippen molar-refractivity contribution >= 4 is 27.7 Å². The normalized spacial score (nSPS) is 10.5. The van der Waals surface area contributed by atoms with Crippen molar-refractivity contribution in [1.82, 2.24) is 19.9 Å². The van der Waals surface area contributed by atoms with Crippen molar-refractivity contribution in [3.63, 3.8) is 0 Å². The molecule has 0 spiro atoms. The summed E-state index contributed by atoms with van der Waals surface area (Å²) in [6.07, 6.45) is 6.97. The van der Waals surface area contributed by atoms with E-state index in [-0.39, 0.29) is 0 Å². The van der Waals surface area contributed by atoms with Crippen molar-refractivity contribution in [2.45, 2.75) is 29.8 Å². The molecule has 6 heteroatoms. The highest BCUT2D eigenvalue weighted by atomic mass is 79.9. The summed E-state index contributed by atoms with van der Waals surface area (Å²) in [4.78, 5) is 17.0. The summed E-state index contributed by atoms with van der Waals surface area (Å²) in [7, 11) is 0. The summed E-state index contributed by atoms with van der Waals surface area (Å²) in [5.41, 5.74) is 0. The molecule has 0 unspecified atom stereocenters. The molecule has 0 radical (unpaired) electrons. The van der Waals surface area contributed by atoms with Gasteiger partial charge in [-0.25, -0.2) is 15.0 Å². The molecule has 0 aliphatic heterocycles. The molecule has 2 heterocycles. The molecule has 0 bridgehead atoms. The highest BCUT2D eigenvalue weighted by Crippen LogP contribution is 2.25. The van der Waals surface area contributed by atoms with Crippen molar-refractivity contribution in [1.29, 1.82) is 0 Å². The maximum absolute atomic E-state index is 4.47. The van der Waals surface area contributed by atoms with Crippen molar-refractivity contribution in [3.8, 4) is 0 Å². The number of aromatic nitrogens is 4. The molecule has 0 N–H and O–H groups in total. The molecule has 0 fully saturated rings. The van der Waals surface area contributed by atoms with E-state index in [0.29, 0.717) is 0 Å². The second-order valence-corrected chi connectivity index (χ2v) is 5.19. The van der Waals surface area contributed by atoms with Crippen LogP contribution < -0.4 is 0 Å². The van der Waals surface area contributed by atoms with E-state index in [1.807, 2.05) is 6.07 Å². The van der Waals surface area contributed by atoms with Gasteiger partial charge in [-0.15, -0.1) is 0 Å². The Hall–Kier alpha value is -1.01. The highest BCUT2D eigenvalue weighted by molar-refractivity contribution is 9.10. The average Bonchev–Trinajstić information content (AvgIpc) is 2.30. The zero-order valence-electron chi connectivity index (χ0n) is 9.30. The van der Waals surface area contributed by atoms with Crippen LogP contribution >= 0.6 is 27.7 Å². The van der Waals surface area contributed by atoms with Gasteiger partial charge in [0, 0.05) is 24.9 Å². The van der Waals surface area contributed by atoms with Gasteiger partial charge in [-0.3, -0.25) is 4.98 Å². The van der Waals surface area contributed by atoms with E-state index in [9.17, 15) is 0 Å². The van der Waals surface area contributed by atoms with Crippen LogP contribution in [0.15, 0.2) is 39.3 Å². The molecular weight excluding hydrogens is 300 g/mol. The summed E-state index contributed by atoms with van der Waals surface area (Å²) < 4.78 is 0.808. The van der Waals surface area contributed by atoms with E-state index in [0.717, 1.165) is 33.3 Å². The van der Waals surface area contributed by atoms with E-state index < -0.39 is 0 Å². The van der Waals surface area contributed by atoms with E-state index in [4.69, 9.17) is 0 Å². The largest absolute Gasteiger partial charge is 0.260 e. The third-order valence-electron chi connectivity index (χ3n) is 1.94. The lowest BCUT2D eigenvalue weighted by Gasteiger charge is -2.03.